The highest BCUT2D eigenvalue weighted by molar-refractivity contribution is 7.13. The Morgan fingerprint density at radius 2 is 2.17 bits per heavy atom. The largest absolute Gasteiger partial charge is 0.336 e. The van der Waals surface area contributed by atoms with Crippen molar-refractivity contribution in [3.63, 3.8) is 0 Å². The van der Waals surface area contributed by atoms with Gasteiger partial charge in [0.1, 0.15) is 0 Å². The Balaban J connectivity index is 1.75. The van der Waals surface area contributed by atoms with Gasteiger partial charge < -0.3 is 5.32 Å². The average Bonchev–Trinajstić information content (AvgIpc) is 3.27. The van der Waals surface area contributed by atoms with Gasteiger partial charge in [0.2, 0.25) is 0 Å². The standard InChI is InChI=1S/C16H15N5OS/c1-11-10-23-15(19-11)14-17-5-7-20(14)12-3-2-4-13(9-12)21-8-6-18-16(21)22/h2-5,7,9-10H,6,8H2,1H3,(H,18,22). The van der Waals surface area contributed by atoms with Gasteiger partial charge in [-0.3, -0.25) is 9.47 Å². The van der Waals surface area contributed by atoms with Crippen LogP contribution < -0.4 is 10.2 Å². The summed E-state index contributed by atoms with van der Waals surface area (Å²) in [5, 5.41) is 5.72. The van der Waals surface area contributed by atoms with E-state index in [2.05, 4.69) is 15.3 Å². The number of anilines is 1. The van der Waals surface area contributed by atoms with Crippen LogP contribution in [0.15, 0.2) is 42.0 Å². The van der Waals surface area contributed by atoms with Crippen molar-refractivity contribution in [2.45, 2.75) is 6.92 Å². The minimum atomic E-state index is -0.0523. The lowest BCUT2D eigenvalue weighted by Gasteiger charge is -2.16. The Labute approximate surface area is 137 Å². The van der Waals surface area contributed by atoms with Crippen molar-refractivity contribution < 1.29 is 4.79 Å². The third-order valence-corrected chi connectivity index (χ3v) is 4.68. The zero-order valence-electron chi connectivity index (χ0n) is 12.6. The van der Waals surface area contributed by atoms with Crippen LogP contribution in [0.3, 0.4) is 0 Å². The first kappa shape index (κ1) is 14.0. The summed E-state index contributed by atoms with van der Waals surface area (Å²) in [5.41, 5.74) is 2.83. The van der Waals surface area contributed by atoms with Gasteiger partial charge >= 0.3 is 6.03 Å². The van der Waals surface area contributed by atoms with E-state index in [0.29, 0.717) is 13.1 Å². The number of aromatic nitrogens is 3. The molecule has 2 amide bonds. The molecule has 0 spiro atoms. The lowest BCUT2D eigenvalue weighted by molar-refractivity contribution is 0.252. The maximum Gasteiger partial charge on any atom is 0.321 e. The quantitative estimate of drug-likeness (QED) is 0.805. The van der Waals surface area contributed by atoms with Crippen LogP contribution in [0.4, 0.5) is 10.5 Å². The number of carbonyl (C=O) groups is 1. The molecule has 3 heterocycles. The first-order valence-corrected chi connectivity index (χ1v) is 8.22. The number of aryl methyl sites for hydroxylation is 1. The number of hydrogen-bond donors (Lipinski definition) is 1. The molecule has 0 aliphatic carbocycles. The molecule has 6 nitrogen and oxygen atoms in total. The minimum Gasteiger partial charge on any atom is -0.336 e. The van der Waals surface area contributed by atoms with Crippen LogP contribution in [0.2, 0.25) is 0 Å². The summed E-state index contributed by atoms with van der Waals surface area (Å²) in [4.78, 5) is 22.5. The molecule has 4 rings (SSSR count). The molecule has 7 heteroatoms. The van der Waals surface area contributed by atoms with Gasteiger partial charge in [0, 0.05) is 47.9 Å². The smallest absolute Gasteiger partial charge is 0.321 e. The van der Waals surface area contributed by atoms with E-state index in [1.54, 1.807) is 22.4 Å². The molecule has 2 aromatic heterocycles. The number of carbonyl (C=O) groups excluding carboxylic acids is 1. The Hall–Kier alpha value is -2.67. The normalized spacial score (nSPS) is 14.3. The number of rotatable bonds is 3. The fourth-order valence-corrected chi connectivity index (χ4v) is 3.44. The lowest BCUT2D eigenvalue weighted by Crippen LogP contribution is -2.27. The predicted octanol–water partition coefficient (Wildman–Crippen LogP) is 2.83. The third kappa shape index (κ3) is 2.49. The van der Waals surface area contributed by atoms with Crippen LogP contribution >= 0.6 is 11.3 Å². The third-order valence-electron chi connectivity index (χ3n) is 3.73. The van der Waals surface area contributed by atoms with Gasteiger partial charge in [0.15, 0.2) is 10.8 Å². The van der Waals surface area contributed by atoms with Gasteiger partial charge in [-0.25, -0.2) is 14.8 Å². The summed E-state index contributed by atoms with van der Waals surface area (Å²) < 4.78 is 2.00. The van der Waals surface area contributed by atoms with Crippen LogP contribution in [-0.2, 0) is 0 Å². The molecule has 1 fully saturated rings. The number of nitrogens with one attached hydrogen (secondary N) is 1. The molecule has 1 aromatic carbocycles. The Morgan fingerprint density at radius 3 is 2.91 bits per heavy atom. The first-order valence-electron chi connectivity index (χ1n) is 7.34. The summed E-state index contributed by atoms with van der Waals surface area (Å²) in [6, 6.07) is 7.84. The molecule has 1 aliphatic rings. The van der Waals surface area contributed by atoms with Crippen molar-refractivity contribution in [1.82, 2.24) is 19.9 Å². The molecular formula is C16H15N5OS. The molecule has 3 aromatic rings. The van der Waals surface area contributed by atoms with E-state index in [4.69, 9.17) is 0 Å². The number of amides is 2. The fourth-order valence-electron chi connectivity index (χ4n) is 2.66. The van der Waals surface area contributed by atoms with Crippen molar-refractivity contribution >= 4 is 23.1 Å². The Morgan fingerprint density at radius 1 is 1.30 bits per heavy atom. The molecule has 1 aliphatic heterocycles. The van der Waals surface area contributed by atoms with E-state index < -0.39 is 0 Å². The SMILES string of the molecule is Cc1csc(-c2nccn2-c2cccc(N3CCNC3=O)c2)n1. The number of urea groups is 1. The van der Waals surface area contributed by atoms with Gasteiger partial charge in [-0.2, -0.15) is 0 Å². The van der Waals surface area contributed by atoms with Crippen molar-refractivity contribution in [3.05, 3.63) is 47.7 Å². The zero-order chi connectivity index (χ0) is 15.8. The predicted molar refractivity (Wildman–Crippen MR) is 90.2 cm³/mol. The van der Waals surface area contributed by atoms with Crippen molar-refractivity contribution in [3.8, 4) is 16.5 Å². The molecule has 23 heavy (non-hydrogen) atoms. The van der Waals surface area contributed by atoms with E-state index in [1.165, 1.54) is 0 Å². The van der Waals surface area contributed by atoms with Gasteiger partial charge in [0.25, 0.3) is 0 Å². The second kappa shape index (κ2) is 5.51. The minimum absolute atomic E-state index is 0.0523. The van der Waals surface area contributed by atoms with Gasteiger partial charge in [-0.15, -0.1) is 11.3 Å². The molecular weight excluding hydrogens is 310 g/mol. The van der Waals surface area contributed by atoms with Crippen molar-refractivity contribution in [2.75, 3.05) is 18.0 Å². The molecule has 1 saturated heterocycles. The monoisotopic (exact) mass is 325 g/mol. The Bertz CT molecular complexity index is 869. The zero-order valence-corrected chi connectivity index (χ0v) is 13.4. The number of imidazole rings is 1. The summed E-state index contributed by atoms with van der Waals surface area (Å²) in [5.74, 6) is 0.811. The van der Waals surface area contributed by atoms with Gasteiger partial charge in [-0.05, 0) is 25.1 Å². The summed E-state index contributed by atoms with van der Waals surface area (Å²) in [6.07, 6.45) is 3.68. The van der Waals surface area contributed by atoms with Gasteiger partial charge in [-0.1, -0.05) is 6.07 Å². The molecule has 1 N–H and O–H groups in total. The number of nitrogens with zero attached hydrogens (tertiary/aromatic N) is 4. The van der Waals surface area contributed by atoms with E-state index in [1.807, 2.05) is 47.3 Å². The number of benzene rings is 1. The highest BCUT2D eigenvalue weighted by atomic mass is 32.1. The van der Waals surface area contributed by atoms with Crippen LogP contribution in [0.1, 0.15) is 5.69 Å². The summed E-state index contributed by atoms with van der Waals surface area (Å²) in [7, 11) is 0. The summed E-state index contributed by atoms with van der Waals surface area (Å²) in [6.45, 7) is 3.34. The molecule has 116 valence electrons. The second-order valence-corrected chi connectivity index (χ2v) is 6.18. The van der Waals surface area contributed by atoms with E-state index in [9.17, 15) is 4.79 Å². The molecule has 0 radical (unpaired) electrons. The average molecular weight is 325 g/mol. The fraction of sp³-hybridized carbons (Fsp3) is 0.188. The highest BCUT2D eigenvalue weighted by Gasteiger charge is 2.21. The van der Waals surface area contributed by atoms with Crippen LogP contribution in [0.25, 0.3) is 16.5 Å². The molecule has 0 atom stereocenters. The highest BCUT2D eigenvalue weighted by Crippen LogP contribution is 2.27. The number of thiazole rings is 1. The summed E-state index contributed by atoms with van der Waals surface area (Å²) >= 11 is 1.58. The molecule has 0 saturated carbocycles. The lowest BCUT2D eigenvalue weighted by atomic mass is 10.2. The van der Waals surface area contributed by atoms with E-state index in [-0.39, 0.29) is 6.03 Å². The van der Waals surface area contributed by atoms with Crippen molar-refractivity contribution in [2.24, 2.45) is 0 Å². The second-order valence-electron chi connectivity index (χ2n) is 5.32. The Kier molecular flexibility index (Phi) is 3.34. The topological polar surface area (TPSA) is 63.1 Å². The van der Waals surface area contributed by atoms with E-state index >= 15 is 0 Å². The molecule has 0 unspecified atom stereocenters. The maximum absolute atomic E-state index is 11.9. The maximum atomic E-state index is 11.9. The van der Waals surface area contributed by atoms with Crippen LogP contribution in [0.5, 0.6) is 0 Å². The first-order chi connectivity index (χ1) is 11.2. The van der Waals surface area contributed by atoms with Crippen LogP contribution in [0, 0.1) is 6.92 Å². The van der Waals surface area contributed by atoms with Crippen molar-refractivity contribution in [1.29, 1.82) is 0 Å². The van der Waals surface area contributed by atoms with E-state index in [0.717, 1.165) is 27.9 Å². The molecule has 0 bridgehead atoms. The number of hydrogen-bond acceptors (Lipinski definition) is 4. The van der Waals surface area contributed by atoms with Gasteiger partial charge in [0.05, 0.1) is 0 Å². The van der Waals surface area contributed by atoms with Crippen LogP contribution in [-0.4, -0.2) is 33.7 Å².